The van der Waals surface area contributed by atoms with Crippen LogP contribution >= 0.6 is 0 Å². The second kappa shape index (κ2) is 16.2. The minimum atomic E-state index is 0.611. The molecular weight excluding hydrogens is 721 g/mol. The van der Waals surface area contributed by atoms with Crippen molar-refractivity contribution in [2.24, 2.45) is 5.73 Å². The van der Waals surface area contributed by atoms with E-state index in [0.717, 1.165) is 71.0 Å². The maximum Gasteiger partial charge on any atom is 0.0949 e. The maximum absolute atomic E-state index is 6.21. The Hall–Kier alpha value is -6.86. The first-order valence-electron chi connectivity index (χ1n) is 20.6. The van der Waals surface area contributed by atoms with E-state index in [1.807, 2.05) is 0 Å². The van der Waals surface area contributed by atoms with Gasteiger partial charge in [-0.05, 0) is 48.4 Å². The predicted molar refractivity (Wildman–Crippen MR) is 244 cm³/mol. The molecule has 10 aromatic rings. The quantitative estimate of drug-likeness (QED) is 0.127. The number of fused-ring (bicyclic) bond motifs is 6. The topological polar surface area (TPSA) is 64.9 Å². The number of aromatic nitrogens is 4. The van der Waals surface area contributed by atoms with Gasteiger partial charge in [-0.1, -0.05) is 158 Å². The van der Waals surface area contributed by atoms with Crippen molar-refractivity contribution < 1.29 is 0 Å². The van der Waals surface area contributed by atoms with Crippen LogP contribution in [-0.2, 0) is 26.2 Å². The van der Waals surface area contributed by atoms with Crippen LogP contribution in [0.4, 0.5) is 0 Å². The van der Waals surface area contributed by atoms with Crippen LogP contribution in [0.3, 0.4) is 0 Å². The van der Waals surface area contributed by atoms with Crippen LogP contribution in [0.25, 0.3) is 66.1 Å². The monoisotopic (exact) mass is 766 g/mol. The summed E-state index contributed by atoms with van der Waals surface area (Å²) in [7, 11) is 0. The first-order valence-corrected chi connectivity index (χ1v) is 20.6. The lowest BCUT2D eigenvalue weighted by atomic mass is 10.1. The van der Waals surface area contributed by atoms with E-state index in [-0.39, 0.29) is 0 Å². The number of pyridine rings is 2. The molecule has 4 aromatic heterocycles. The van der Waals surface area contributed by atoms with Gasteiger partial charge in [0.25, 0.3) is 0 Å². The van der Waals surface area contributed by atoms with Crippen molar-refractivity contribution >= 4 is 43.6 Å². The van der Waals surface area contributed by atoms with Crippen LogP contribution in [0.15, 0.2) is 182 Å². The van der Waals surface area contributed by atoms with E-state index in [1.165, 1.54) is 43.7 Å². The van der Waals surface area contributed by atoms with Crippen molar-refractivity contribution in [1.29, 1.82) is 0 Å². The third-order valence-corrected chi connectivity index (χ3v) is 11.5. The molecule has 10 rings (SSSR count). The smallest absolute Gasteiger partial charge is 0.0949 e. The molecular formula is C53H46N6. The molecule has 0 unspecified atom stereocenters. The summed E-state index contributed by atoms with van der Waals surface area (Å²) in [4.78, 5) is 13.6. The van der Waals surface area contributed by atoms with Crippen molar-refractivity contribution in [2.75, 3.05) is 13.1 Å². The van der Waals surface area contributed by atoms with Crippen LogP contribution < -0.4 is 5.73 Å². The molecule has 6 aromatic carbocycles. The zero-order valence-electron chi connectivity index (χ0n) is 33.1. The van der Waals surface area contributed by atoms with Gasteiger partial charge in [-0.3, -0.25) is 4.90 Å². The molecule has 6 nitrogen and oxygen atoms in total. The Balaban J connectivity index is 1.10. The summed E-state index contributed by atoms with van der Waals surface area (Å²) in [6.45, 7) is 4.26. The number of hydrogen-bond donors (Lipinski definition) is 1. The van der Waals surface area contributed by atoms with Gasteiger partial charge in [-0.15, -0.1) is 0 Å². The van der Waals surface area contributed by atoms with Gasteiger partial charge in [-0.25, -0.2) is 9.97 Å². The predicted octanol–water partition coefficient (Wildman–Crippen LogP) is 11.5. The van der Waals surface area contributed by atoms with Crippen molar-refractivity contribution in [3.05, 3.63) is 205 Å². The second-order valence-electron chi connectivity index (χ2n) is 15.5. The van der Waals surface area contributed by atoms with Gasteiger partial charge in [0.15, 0.2) is 0 Å². The third kappa shape index (κ3) is 7.18. The zero-order chi connectivity index (χ0) is 39.5. The largest absolute Gasteiger partial charge is 0.334 e. The second-order valence-corrected chi connectivity index (χ2v) is 15.5. The van der Waals surface area contributed by atoms with Crippen LogP contribution in [0.1, 0.15) is 28.9 Å². The van der Waals surface area contributed by atoms with Crippen LogP contribution in [-0.4, -0.2) is 37.1 Å². The highest BCUT2D eigenvalue weighted by Gasteiger charge is 2.22. The minimum absolute atomic E-state index is 0.611. The summed E-state index contributed by atoms with van der Waals surface area (Å²) < 4.78 is 4.90. The lowest BCUT2D eigenvalue weighted by Gasteiger charge is -2.23. The van der Waals surface area contributed by atoms with E-state index in [2.05, 4.69) is 196 Å². The van der Waals surface area contributed by atoms with Crippen molar-refractivity contribution in [2.45, 2.75) is 32.6 Å². The summed E-state index contributed by atoms with van der Waals surface area (Å²) in [6.07, 6.45) is 0.869. The minimum Gasteiger partial charge on any atom is -0.334 e. The van der Waals surface area contributed by atoms with Gasteiger partial charge < -0.3 is 14.9 Å². The lowest BCUT2D eigenvalue weighted by Crippen LogP contribution is -2.26. The molecule has 6 heteroatoms. The van der Waals surface area contributed by atoms with E-state index in [4.69, 9.17) is 15.7 Å². The number of nitrogens with two attached hydrogens (primary N) is 1. The summed E-state index contributed by atoms with van der Waals surface area (Å²) in [5, 5.41) is 4.91. The Morgan fingerprint density at radius 2 is 0.831 bits per heavy atom. The highest BCUT2D eigenvalue weighted by Crippen LogP contribution is 2.38. The fourth-order valence-corrected chi connectivity index (χ4v) is 8.86. The van der Waals surface area contributed by atoms with E-state index < -0.39 is 0 Å². The van der Waals surface area contributed by atoms with Gasteiger partial charge in [0.05, 0.1) is 33.8 Å². The fourth-order valence-electron chi connectivity index (χ4n) is 8.86. The molecule has 0 saturated carbocycles. The molecule has 4 heterocycles. The van der Waals surface area contributed by atoms with Crippen molar-refractivity contribution in [1.82, 2.24) is 24.0 Å². The number of para-hydroxylation sites is 2. The average Bonchev–Trinajstić information content (AvgIpc) is 3.78. The molecule has 0 radical (unpaired) electrons. The first-order chi connectivity index (χ1) is 29.2. The first kappa shape index (κ1) is 36.5. The Labute approximate surface area is 344 Å². The molecule has 0 aliphatic carbocycles. The lowest BCUT2D eigenvalue weighted by molar-refractivity contribution is 0.249. The van der Waals surface area contributed by atoms with Gasteiger partial charge in [0.2, 0.25) is 0 Å². The highest BCUT2D eigenvalue weighted by molar-refractivity contribution is 6.13. The van der Waals surface area contributed by atoms with Gasteiger partial charge in [0.1, 0.15) is 0 Å². The van der Waals surface area contributed by atoms with Crippen LogP contribution in [0, 0.1) is 0 Å². The maximum atomic E-state index is 6.21. The molecule has 0 spiro atoms. The van der Waals surface area contributed by atoms with Crippen molar-refractivity contribution in [3.63, 3.8) is 0 Å². The summed E-state index contributed by atoms with van der Waals surface area (Å²) >= 11 is 0. The standard InChI is InChI=1S/C53H46N6/c54-30-17-31-57(36-42-32-46-44-26-13-15-28-48(44)58(34-38-18-5-1-6-19-38)52(46)50(55-42)40-22-9-3-10-23-40)37-43-33-47-45-27-14-16-29-49(45)59(35-39-20-7-2-8-21-39)53(47)51(56-43)41-24-11-4-12-25-41/h1-16,18-29,32-33H,17,30-31,34-37,54H2. The molecule has 2 N–H and O–H groups in total. The van der Waals surface area contributed by atoms with Crippen LogP contribution in [0.2, 0.25) is 0 Å². The summed E-state index contributed by atoms with van der Waals surface area (Å²) in [6, 6.07) is 64.9. The summed E-state index contributed by atoms with van der Waals surface area (Å²) in [5.74, 6) is 0. The summed E-state index contributed by atoms with van der Waals surface area (Å²) in [5.41, 5.74) is 19.7. The van der Waals surface area contributed by atoms with Gasteiger partial charge in [-0.2, -0.15) is 0 Å². The number of hydrogen-bond acceptors (Lipinski definition) is 4. The molecule has 0 saturated heterocycles. The fraction of sp³-hybridized carbons (Fsp3) is 0.132. The molecule has 0 fully saturated rings. The van der Waals surface area contributed by atoms with Crippen LogP contribution in [0.5, 0.6) is 0 Å². The van der Waals surface area contributed by atoms with E-state index in [9.17, 15) is 0 Å². The molecule has 0 atom stereocenters. The molecule has 59 heavy (non-hydrogen) atoms. The van der Waals surface area contributed by atoms with E-state index in [0.29, 0.717) is 19.6 Å². The molecule has 0 aliphatic rings. The Morgan fingerprint density at radius 1 is 0.441 bits per heavy atom. The zero-order valence-corrected chi connectivity index (χ0v) is 33.1. The number of rotatable bonds is 13. The Morgan fingerprint density at radius 3 is 1.25 bits per heavy atom. The van der Waals surface area contributed by atoms with Crippen molar-refractivity contribution in [3.8, 4) is 22.5 Å². The molecule has 0 bridgehead atoms. The Kier molecular flexibility index (Phi) is 10.0. The average molecular weight is 767 g/mol. The SMILES string of the molecule is NCCCN(Cc1cc2c3ccccc3n(Cc3ccccc3)c2c(-c2ccccc2)n1)Cc1cc2c3ccccc3n(Cc3ccccc3)c2c(-c2ccccc2)n1. The van der Waals surface area contributed by atoms with Gasteiger partial charge in [0, 0.05) is 76.4 Å². The number of benzene rings is 6. The molecule has 288 valence electrons. The Bertz CT molecular complexity index is 2820. The van der Waals surface area contributed by atoms with E-state index >= 15 is 0 Å². The number of nitrogens with zero attached hydrogens (tertiary/aromatic N) is 5. The molecule has 0 amide bonds. The van der Waals surface area contributed by atoms with E-state index in [1.54, 1.807) is 0 Å². The normalized spacial score (nSPS) is 11.8. The third-order valence-electron chi connectivity index (χ3n) is 11.5. The van der Waals surface area contributed by atoms with Gasteiger partial charge >= 0.3 is 0 Å². The highest BCUT2D eigenvalue weighted by atomic mass is 15.1. The molecule has 0 aliphatic heterocycles.